The lowest BCUT2D eigenvalue weighted by Crippen LogP contribution is -2.48. The van der Waals surface area contributed by atoms with Crippen LogP contribution in [0.2, 0.25) is 0 Å². The van der Waals surface area contributed by atoms with E-state index in [1.807, 2.05) is 72.2 Å². The molecule has 0 aliphatic carbocycles. The summed E-state index contributed by atoms with van der Waals surface area (Å²) in [4.78, 5) is 32.3. The number of benzene rings is 3. The van der Waals surface area contributed by atoms with Gasteiger partial charge in [-0.15, -0.1) is 0 Å². The molecule has 1 aliphatic heterocycles. The first-order valence-corrected chi connectivity index (χ1v) is 13.5. The van der Waals surface area contributed by atoms with Crippen molar-refractivity contribution in [3.63, 3.8) is 0 Å². The van der Waals surface area contributed by atoms with Gasteiger partial charge in [-0.1, -0.05) is 39.0 Å². The van der Waals surface area contributed by atoms with Gasteiger partial charge >= 0.3 is 0 Å². The number of phenols is 1. The zero-order valence-electron chi connectivity index (χ0n) is 23.2. The molecular formula is C32H39N3O3. The molecule has 200 valence electrons. The minimum atomic E-state index is -0.126. The predicted octanol–water partition coefficient (Wildman–Crippen LogP) is 5.80. The molecule has 38 heavy (non-hydrogen) atoms. The second kappa shape index (κ2) is 11.3. The van der Waals surface area contributed by atoms with Crippen molar-refractivity contribution in [2.45, 2.75) is 40.0 Å². The van der Waals surface area contributed by atoms with Crippen LogP contribution in [0, 0.1) is 0 Å². The summed E-state index contributed by atoms with van der Waals surface area (Å²) in [5.41, 5.74) is 5.21. The van der Waals surface area contributed by atoms with Gasteiger partial charge in [0.15, 0.2) is 0 Å². The summed E-state index contributed by atoms with van der Waals surface area (Å²) in [6.45, 7) is 14.5. The molecule has 0 bridgehead atoms. The highest BCUT2D eigenvalue weighted by molar-refractivity contribution is 5.96. The first kappa shape index (κ1) is 27.2. The Morgan fingerprint density at radius 2 is 1.47 bits per heavy atom. The number of nitrogens with zero attached hydrogens (tertiary/aromatic N) is 3. The van der Waals surface area contributed by atoms with Gasteiger partial charge in [-0.3, -0.25) is 9.59 Å². The van der Waals surface area contributed by atoms with E-state index < -0.39 is 0 Å². The van der Waals surface area contributed by atoms with Crippen LogP contribution in [0.15, 0.2) is 66.7 Å². The number of hydrogen-bond acceptors (Lipinski definition) is 4. The number of hydrogen-bond donors (Lipinski definition) is 1. The largest absolute Gasteiger partial charge is 0.508 e. The van der Waals surface area contributed by atoms with Crippen LogP contribution in [0.5, 0.6) is 5.75 Å². The maximum absolute atomic E-state index is 13.6. The second-order valence-electron chi connectivity index (χ2n) is 10.9. The highest BCUT2D eigenvalue weighted by atomic mass is 16.3. The van der Waals surface area contributed by atoms with Crippen molar-refractivity contribution in [2.24, 2.45) is 0 Å². The lowest BCUT2D eigenvalue weighted by atomic mass is 9.84. The van der Waals surface area contributed by atoms with Crippen LogP contribution in [0.25, 0.3) is 11.1 Å². The summed E-state index contributed by atoms with van der Waals surface area (Å²) in [7, 11) is 0. The van der Waals surface area contributed by atoms with Crippen molar-refractivity contribution in [3.8, 4) is 16.9 Å². The number of rotatable bonds is 6. The quantitative estimate of drug-likeness (QED) is 0.452. The van der Waals surface area contributed by atoms with Gasteiger partial charge in [0.1, 0.15) is 5.75 Å². The fourth-order valence-corrected chi connectivity index (χ4v) is 4.89. The average Bonchev–Trinajstić information content (AvgIpc) is 2.92. The summed E-state index contributed by atoms with van der Waals surface area (Å²) in [5.74, 6) is 0.287. The fourth-order valence-electron chi connectivity index (χ4n) is 4.89. The molecule has 3 aromatic rings. The van der Waals surface area contributed by atoms with Crippen LogP contribution < -0.4 is 4.90 Å². The maximum atomic E-state index is 13.6. The Labute approximate surface area is 226 Å². The second-order valence-corrected chi connectivity index (χ2v) is 10.9. The molecule has 0 aromatic heterocycles. The first-order valence-electron chi connectivity index (χ1n) is 13.5. The maximum Gasteiger partial charge on any atom is 0.254 e. The van der Waals surface area contributed by atoms with E-state index in [1.165, 1.54) is 0 Å². The number of amides is 2. The Hall–Kier alpha value is -3.80. The molecule has 0 radical (unpaired) electrons. The minimum Gasteiger partial charge on any atom is -0.508 e. The molecule has 1 aliphatic rings. The lowest BCUT2D eigenvalue weighted by Gasteiger charge is -2.36. The third kappa shape index (κ3) is 6.01. The van der Waals surface area contributed by atoms with Crippen LogP contribution in [0.4, 0.5) is 5.69 Å². The van der Waals surface area contributed by atoms with E-state index in [9.17, 15) is 14.7 Å². The molecule has 1 N–H and O–H groups in total. The number of aromatic hydroxyl groups is 1. The van der Waals surface area contributed by atoms with Gasteiger partial charge in [-0.05, 0) is 84.5 Å². The van der Waals surface area contributed by atoms with Crippen molar-refractivity contribution in [3.05, 3.63) is 83.4 Å². The Bertz CT molecular complexity index is 1280. The molecular weight excluding hydrogens is 474 g/mol. The molecule has 0 unspecified atom stereocenters. The van der Waals surface area contributed by atoms with Gasteiger partial charge in [-0.25, -0.2) is 0 Å². The van der Waals surface area contributed by atoms with Gasteiger partial charge in [0.05, 0.1) is 0 Å². The lowest BCUT2D eigenvalue weighted by molar-refractivity contribution is 0.0744. The molecule has 1 fully saturated rings. The van der Waals surface area contributed by atoms with Crippen molar-refractivity contribution < 1.29 is 14.7 Å². The predicted molar refractivity (Wildman–Crippen MR) is 154 cm³/mol. The number of anilines is 1. The minimum absolute atomic E-state index is 0.0253. The van der Waals surface area contributed by atoms with Gasteiger partial charge in [0.25, 0.3) is 11.8 Å². The van der Waals surface area contributed by atoms with Gasteiger partial charge in [-0.2, -0.15) is 0 Å². The van der Waals surface area contributed by atoms with Gasteiger partial charge in [0.2, 0.25) is 0 Å². The van der Waals surface area contributed by atoms with E-state index in [0.29, 0.717) is 37.3 Å². The summed E-state index contributed by atoms with van der Waals surface area (Å²) in [5, 5.41) is 10.00. The van der Waals surface area contributed by atoms with Crippen LogP contribution in [0.1, 0.15) is 60.9 Å². The Morgan fingerprint density at radius 3 is 2.05 bits per heavy atom. The Kier molecular flexibility index (Phi) is 8.10. The molecule has 3 aromatic carbocycles. The molecule has 2 amide bonds. The first-order chi connectivity index (χ1) is 18.1. The smallest absolute Gasteiger partial charge is 0.254 e. The van der Waals surface area contributed by atoms with E-state index in [-0.39, 0.29) is 23.0 Å². The summed E-state index contributed by atoms with van der Waals surface area (Å²) in [6, 6.07) is 21.0. The van der Waals surface area contributed by atoms with E-state index in [1.54, 1.807) is 12.1 Å². The molecule has 1 saturated heterocycles. The summed E-state index contributed by atoms with van der Waals surface area (Å²) < 4.78 is 0. The van der Waals surface area contributed by atoms with Crippen molar-refractivity contribution in [1.82, 2.24) is 9.80 Å². The normalized spacial score (nSPS) is 13.9. The molecule has 0 atom stereocenters. The zero-order valence-corrected chi connectivity index (χ0v) is 23.2. The molecule has 6 heteroatoms. The number of carbonyl (C=O) groups is 2. The van der Waals surface area contributed by atoms with Crippen molar-refractivity contribution in [1.29, 1.82) is 0 Å². The Morgan fingerprint density at radius 1 is 0.816 bits per heavy atom. The van der Waals surface area contributed by atoms with Gasteiger partial charge in [0, 0.05) is 56.1 Å². The molecule has 0 spiro atoms. The van der Waals surface area contributed by atoms with E-state index in [4.69, 9.17) is 0 Å². The molecule has 1 heterocycles. The summed E-state index contributed by atoms with van der Waals surface area (Å²) >= 11 is 0. The number of phenolic OH excluding ortho intramolecular Hbond substituents is 1. The highest BCUT2D eigenvalue weighted by Crippen LogP contribution is 2.31. The van der Waals surface area contributed by atoms with Crippen LogP contribution in [0.3, 0.4) is 0 Å². The average molecular weight is 514 g/mol. The molecule has 6 nitrogen and oxygen atoms in total. The number of piperazine rings is 1. The monoisotopic (exact) mass is 513 g/mol. The fraction of sp³-hybridized carbons (Fsp3) is 0.375. The van der Waals surface area contributed by atoms with Crippen LogP contribution in [-0.4, -0.2) is 66.0 Å². The third-order valence-corrected chi connectivity index (χ3v) is 7.32. The zero-order chi connectivity index (χ0) is 27.4. The van der Waals surface area contributed by atoms with Crippen LogP contribution >= 0.6 is 0 Å². The molecule has 0 saturated carbocycles. The van der Waals surface area contributed by atoms with E-state index >= 15 is 0 Å². The summed E-state index contributed by atoms with van der Waals surface area (Å²) in [6.07, 6.45) is 0. The standard InChI is InChI=1S/C32H39N3O3/c1-6-33(7-2)30(37)23-11-13-28(14-12-23)34-15-17-35(18-16-34)31(38)26-19-25(20-27(21-26)32(3,4)5)24-9-8-10-29(36)22-24/h8-14,19-22,36H,6-7,15-18H2,1-5H3. The van der Waals surface area contributed by atoms with E-state index in [2.05, 4.69) is 31.7 Å². The van der Waals surface area contributed by atoms with Crippen molar-refractivity contribution in [2.75, 3.05) is 44.2 Å². The topological polar surface area (TPSA) is 64.1 Å². The SMILES string of the molecule is CCN(CC)C(=O)c1ccc(N2CCN(C(=O)c3cc(-c4cccc(O)c4)cc(C(C)(C)C)c3)CC2)cc1. The van der Waals surface area contributed by atoms with E-state index in [0.717, 1.165) is 35.5 Å². The third-order valence-electron chi connectivity index (χ3n) is 7.32. The molecule has 4 rings (SSSR count). The van der Waals surface area contributed by atoms with Crippen molar-refractivity contribution >= 4 is 17.5 Å². The Balaban J connectivity index is 1.49. The number of carbonyl (C=O) groups excluding carboxylic acids is 2. The highest BCUT2D eigenvalue weighted by Gasteiger charge is 2.25. The van der Waals surface area contributed by atoms with Gasteiger partial charge < -0.3 is 19.8 Å². The van der Waals surface area contributed by atoms with Crippen LogP contribution in [-0.2, 0) is 5.41 Å².